The molecule has 0 saturated carbocycles. The van der Waals surface area contributed by atoms with Gasteiger partial charge in [0.05, 0.1) is 6.04 Å². The average molecular weight is 371 g/mol. The van der Waals surface area contributed by atoms with Crippen molar-refractivity contribution < 1.29 is 23.9 Å². The van der Waals surface area contributed by atoms with E-state index in [1.54, 1.807) is 41.5 Å². The molecule has 0 spiro atoms. The number of carbonyl (C=O) groups excluding carboxylic acids is 3. The maximum atomic E-state index is 12.5. The molecule has 2 amide bonds. The van der Waals surface area contributed by atoms with Crippen LogP contribution < -0.4 is 10.6 Å². The van der Waals surface area contributed by atoms with Gasteiger partial charge in [-0.15, -0.1) is 0 Å². The minimum absolute atomic E-state index is 0.0373. The van der Waals surface area contributed by atoms with Gasteiger partial charge >= 0.3 is 12.1 Å². The SMILES string of the molecule is CC(C)(C)OC(=O)CN1CCN[C@@H](CCCNC(=O)OC(C)(C)C)C1=O. The highest BCUT2D eigenvalue weighted by molar-refractivity contribution is 5.86. The quantitative estimate of drug-likeness (QED) is 0.542. The molecule has 150 valence electrons. The summed E-state index contributed by atoms with van der Waals surface area (Å²) in [6, 6.07) is -0.355. The summed E-state index contributed by atoms with van der Waals surface area (Å²) in [7, 11) is 0. The van der Waals surface area contributed by atoms with Crippen molar-refractivity contribution in [2.24, 2.45) is 0 Å². The van der Waals surface area contributed by atoms with Gasteiger partial charge in [-0.2, -0.15) is 0 Å². The number of ether oxygens (including phenoxy) is 2. The molecule has 1 atom stereocenters. The lowest BCUT2D eigenvalue weighted by Crippen LogP contribution is -2.56. The van der Waals surface area contributed by atoms with E-state index in [-0.39, 0.29) is 18.5 Å². The Kier molecular flexibility index (Phi) is 7.87. The second kappa shape index (κ2) is 9.21. The minimum atomic E-state index is -0.569. The third kappa shape index (κ3) is 9.03. The second-order valence-corrected chi connectivity index (χ2v) is 8.42. The molecule has 0 aromatic carbocycles. The number of amides is 2. The Bertz CT molecular complexity index is 508. The van der Waals surface area contributed by atoms with Crippen molar-refractivity contribution in [1.82, 2.24) is 15.5 Å². The first-order valence-electron chi connectivity index (χ1n) is 9.08. The van der Waals surface area contributed by atoms with Crippen LogP contribution in [-0.4, -0.2) is 66.3 Å². The Hall–Kier alpha value is -1.83. The summed E-state index contributed by atoms with van der Waals surface area (Å²) >= 11 is 0. The van der Waals surface area contributed by atoms with Gasteiger partial charge < -0.3 is 25.0 Å². The fourth-order valence-electron chi connectivity index (χ4n) is 2.51. The zero-order valence-electron chi connectivity index (χ0n) is 16.8. The van der Waals surface area contributed by atoms with E-state index in [9.17, 15) is 14.4 Å². The van der Waals surface area contributed by atoms with E-state index in [1.807, 2.05) is 0 Å². The monoisotopic (exact) mass is 371 g/mol. The summed E-state index contributed by atoms with van der Waals surface area (Å²) in [5, 5.41) is 5.83. The molecule has 0 aromatic heterocycles. The molecule has 8 heteroatoms. The maximum Gasteiger partial charge on any atom is 0.407 e. The highest BCUT2D eigenvalue weighted by atomic mass is 16.6. The van der Waals surface area contributed by atoms with E-state index >= 15 is 0 Å². The maximum absolute atomic E-state index is 12.5. The molecule has 26 heavy (non-hydrogen) atoms. The van der Waals surface area contributed by atoms with Crippen molar-refractivity contribution in [2.75, 3.05) is 26.2 Å². The number of piperazine rings is 1. The van der Waals surface area contributed by atoms with E-state index in [1.165, 1.54) is 4.90 Å². The highest BCUT2D eigenvalue weighted by Gasteiger charge is 2.30. The van der Waals surface area contributed by atoms with E-state index in [0.29, 0.717) is 32.5 Å². The lowest BCUT2D eigenvalue weighted by atomic mass is 10.1. The molecule has 0 bridgehead atoms. The summed E-state index contributed by atoms with van der Waals surface area (Å²) in [5.41, 5.74) is -1.10. The number of nitrogens with one attached hydrogen (secondary N) is 2. The fourth-order valence-corrected chi connectivity index (χ4v) is 2.51. The van der Waals surface area contributed by atoms with Crippen molar-refractivity contribution in [1.29, 1.82) is 0 Å². The number of rotatable bonds is 6. The second-order valence-electron chi connectivity index (χ2n) is 8.42. The molecule has 1 rings (SSSR count). The van der Waals surface area contributed by atoms with E-state index in [4.69, 9.17) is 9.47 Å². The fraction of sp³-hybridized carbons (Fsp3) is 0.833. The molecule has 1 fully saturated rings. The zero-order valence-corrected chi connectivity index (χ0v) is 16.8. The molecule has 2 N–H and O–H groups in total. The molecular formula is C18H33N3O5. The smallest absolute Gasteiger partial charge is 0.407 e. The van der Waals surface area contributed by atoms with Crippen LogP contribution in [0.25, 0.3) is 0 Å². The highest BCUT2D eigenvalue weighted by Crippen LogP contribution is 2.11. The Morgan fingerprint density at radius 1 is 1.15 bits per heavy atom. The Labute approximate surface area is 156 Å². The van der Waals surface area contributed by atoms with Crippen LogP contribution in [0.5, 0.6) is 0 Å². The third-order valence-corrected chi connectivity index (χ3v) is 3.46. The van der Waals surface area contributed by atoms with E-state index in [2.05, 4.69) is 10.6 Å². The van der Waals surface area contributed by atoms with Crippen molar-refractivity contribution in [2.45, 2.75) is 71.6 Å². The summed E-state index contributed by atoms with van der Waals surface area (Å²) in [6.07, 6.45) is 0.731. The molecule has 0 aliphatic carbocycles. The van der Waals surface area contributed by atoms with Crippen molar-refractivity contribution >= 4 is 18.0 Å². The molecule has 1 aliphatic rings. The predicted molar refractivity (Wildman–Crippen MR) is 97.7 cm³/mol. The van der Waals surface area contributed by atoms with Gasteiger partial charge in [0.2, 0.25) is 5.91 Å². The Morgan fingerprint density at radius 3 is 2.35 bits per heavy atom. The van der Waals surface area contributed by atoms with Gasteiger partial charge in [0.1, 0.15) is 17.7 Å². The Balaban J connectivity index is 2.36. The molecule has 1 heterocycles. The van der Waals surface area contributed by atoms with Crippen LogP contribution in [0.3, 0.4) is 0 Å². The van der Waals surface area contributed by atoms with Crippen LogP contribution in [0.4, 0.5) is 4.79 Å². The number of hydrogen-bond acceptors (Lipinski definition) is 6. The first kappa shape index (κ1) is 22.2. The lowest BCUT2D eigenvalue weighted by molar-refractivity contribution is -0.159. The van der Waals surface area contributed by atoms with Gasteiger partial charge in [0, 0.05) is 19.6 Å². The summed E-state index contributed by atoms with van der Waals surface area (Å²) in [6.45, 7) is 12.3. The molecule has 1 saturated heterocycles. The number of esters is 1. The van der Waals surface area contributed by atoms with Gasteiger partial charge in [0.25, 0.3) is 0 Å². The summed E-state index contributed by atoms with van der Waals surface area (Å²) in [4.78, 5) is 37.5. The molecule has 0 unspecified atom stereocenters. The number of nitrogens with zero attached hydrogens (tertiary/aromatic N) is 1. The predicted octanol–water partition coefficient (Wildman–Crippen LogP) is 1.43. The summed E-state index contributed by atoms with van der Waals surface area (Å²) in [5.74, 6) is -0.516. The molecular weight excluding hydrogens is 338 g/mol. The van der Waals surface area contributed by atoms with Crippen LogP contribution in [0.15, 0.2) is 0 Å². The molecule has 0 radical (unpaired) electrons. The van der Waals surface area contributed by atoms with Crippen LogP contribution in [-0.2, 0) is 19.1 Å². The number of hydrogen-bond donors (Lipinski definition) is 2. The molecule has 1 aliphatic heterocycles. The van der Waals surface area contributed by atoms with Crippen molar-refractivity contribution in [3.05, 3.63) is 0 Å². The van der Waals surface area contributed by atoms with Gasteiger partial charge in [0.15, 0.2) is 0 Å². The van der Waals surface area contributed by atoms with E-state index in [0.717, 1.165) is 0 Å². The van der Waals surface area contributed by atoms with Crippen molar-refractivity contribution in [3.63, 3.8) is 0 Å². The topological polar surface area (TPSA) is 97.0 Å². The van der Waals surface area contributed by atoms with Crippen LogP contribution >= 0.6 is 0 Å². The molecule has 8 nitrogen and oxygen atoms in total. The average Bonchev–Trinajstić information content (AvgIpc) is 2.43. The summed E-state index contributed by atoms with van der Waals surface area (Å²) < 4.78 is 10.4. The third-order valence-electron chi connectivity index (χ3n) is 3.46. The van der Waals surface area contributed by atoms with Gasteiger partial charge in [-0.1, -0.05) is 0 Å². The largest absolute Gasteiger partial charge is 0.459 e. The van der Waals surface area contributed by atoms with Crippen LogP contribution in [0, 0.1) is 0 Å². The van der Waals surface area contributed by atoms with Gasteiger partial charge in [-0.3, -0.25) is 9.59 Å². The zero-order chi connectivity index (χ0) is 20.0. The lowest BCUT2D eigenvalue weighted by Gasteiger charge is -2.33. The van der Waals surface area contributed by atoms with Crippen LogP contribution in [0.2, 0.25) is 0 Å². The molecule has 0 aromatic rings. The number of carbonyl (C=O) groups is 3. The first-order chi connectivity index (χ1) is 11.9. The van der Waals surface area contributed by atoms with Gasteiger partial charge in [-0.05, 0) is 54.4 Å². The number of alkyl carbamates (subject to hydrolysis) is 1. The minimum Gasteiger partial charge on any atom is -0.459 e. The van der Waals surface area contributed by atoms with Gasteiger partial charge in [-0.25, -0.2) is 4.79 Å². The standard InChI is InChI=1S/C18H33N3O5/c1-17(2,3)25-14(22)12-21-11-10-19-13(15(21)23)8-7-9-20-16(24)26-18(4,5)6/h13,19H,7-12H2,1-6H3,(H,20,24)/t13-/m0/s1. The van der Waals surface area contributed by atoms with Crippen LogP contribution in [0.1, 0.15) is 54.4 Å². The van der Waals surface area contributed by atoms with Crippen molar-refractivity contribution in [3.8, 4) is 0 Å². The normalized spacial score (nSPS) is 18.5. The van der Waals surface area contributed by atoms with E-state index < -0.39 is 23.3 Å². The Morgan fingerprint density at radius 2 is 1.77 bits per heavy atom. The first-order valence-corrected chi connectivity index (χ1v) is 9.08.